The molecular formula is C18H23FN2O4. The van der Waals surface area contributed by atoms with Crippen LogP contribution in [0.3, 0.4) is 0 Å². The van der Waals surface area contributed by atoms with Crippen molar-refractivity contribution in [2.24, 2.45) is 11.3 Å². The zero-order valence-electron chi connectivity index (χ0n) is 14.9. The first-order valence-electron chi connectivity index (χ1n) is 8.26. The molecule has 1 aliphatic carbocycles. The lowest BCUT2D eigenvalue weighted by atomic mass is 9.76. The van der Waals surface area contributed by atoms with E-state index in [9.17, 15) is 24.1 Å². The van der Waals surface area contributed by atoms with E-state index in [-0.39, 0.29) is 22.9 Å². The first-order valence-corrected chi connectivity index (χ1v) is 8.26. The molecule has 1 aliphatic rings. The van der Waals surface area contributed by atoms with Crippen LogP contribution in [0, 0.1) is 27.3 Å². The van der Waals surface area contributed by atoms with E-state index in [1.54, 1.807) is 27.7 Å². The molecule has 0 bridgehead atoms. The Kier molecular flexibility index (Phi) is 4.97. The molecule has 2 unspecified atom stereocenters. The van der Waals surface area contributed by atoms with Gasteiger partial charge < -0.3 is 5.32 Å². The number of nitrogens with zero attached hydrogens (tertiary/aromatic N) is 1. The summed E-state index contributed by atoms with van der Waals surface area (Å²) in [5.74, 6) is -1.71. The van der Waals surface area contributed by atoms with Crippen molar-refractivity contribution < 1.29 is 18.9 Å². The molecule has 1 aromatic carbocycles. The van der Waals surface area contributed by atoms with Crippen molar-refractivity contribution in [2.45, 2.75) is 52.5 Å². The molecule has 0 heterocycles. The molecular weight excluding hydrogens is 327 g/mol. The van der Waals surface area contributed by atoms with Crippen molar-refractivity contribution in [1.82, 2.24) is 5.32 Å². The van der Waals surface area contributed by atoms with Gasteiger partial charge in [-0.2, -0.15) is 0 Å². The van der Waals surface area contributed by atoms with E-state index in [0.29, 0.717) is 19.3 Å². The second-order valence-electron chi connectivity index (χ2n) is 7.74. The van der Waals surface area contributed by atoms with Crippen molar-refractivity contribution >= 4 is 17.4 Å². The van der Waals surface area contributed by atoms with Crippen molar-refractivity contribution in [3.8, 4) is 0 Å². The van der Waals surface area contributed by atoms with Crippen LogP contribution in [0.1, 0.15) is 52.5 Å². The van der Waals surface area contributed by atoms with Crippen molar-refractivity contribution in [1.29, 1.82) is 0 Å². The molecule has 1 saturated carbocycles. The monoisotopic (exact) mass is 350 g/mol. The Morgan fingerprint density at radius 1 is 1.32 bits per heavy atom. The average molecular weight is 350 g/mol. The largest absolute Gasteiger partial charge is 0.346 e. The minimum atomic E-state index is -1.34. The van der Waals surface area contributed by atoms with Gasteiger partial charge >= 0.3 is 0 Å². The van der Waals surface area contributed by atoms with Crippen LogP contribution < -0.4 is 5.32 Å². The number of nitro groups is 1. The van der Waals surface area contributed by atoms with Crippen LogP contribution in [0.4, 0.5) is 10.1 Å². The number of halogens is 1. The minimum Gasteiger partial charge on any atom is -0.346 e. The maximum Gasteiger partial charge on any atom is 0.269 e. The van der Waals surface area contributed by atoms with E-state index in [0.717, 1.165) is 18.2 Å². The Bertz CT molecular complexity index is 726. The third-order valence-corrected chi connectivity index (χ3v) is 4.78. The maximum atomic E-state index is 14.6. The van der Waals surface area contributed by atoms with Gasteiger partial charge in [0.05, 0.1) is 10.5 Å². The molecule has 6 nitrogen and oxygen atoms in total. The van der Waals surface area contributed by atoms with Crippen LogP contribution in [0.15, 0.2) is 18.2 Å². The Balaban J connectivity index is 2.59. The Hall–Kier alpha value is -2.31. The van der Waals surface area contributed by atoms with Gasteiger partial charge in [0.1, 0.15) is 11.6 Å². The summed E-state index contributed by atoms with van der Waals surface area (Å²) in [6.45, 7) is 6.71. The van der Waals surface area contributed by atoms with Gasteiger partial charge in [0, 0.05) is 35.4 Å². The van der Waals surface area contributed by atoms with Crippen LogP contribution in [0.2, 0.25) is 0 Å². The fourth-order valence-corrected chi connectivity index (χ4v) is 3.22. The van der Waals surface area contributed by atoms with Crippen molar-refractivity contribution in [3.05, 3.63) is 39.7 Å². The number of ketones is 1. The van der Waals surface area contributed by atoms with E-state index in [1.165, 1.54) is 0 Å². The molecule has 25 heavy (non-hydrogen) atoms. The molecule has 0 saturated heterocycles. The lowest BCUT2D eigenvalue weighted by Gasteiger charge is -2.38. The molecule has 7 heteroatoms. The number of hydrogen-bond donors (Lipinski definition) is 1. The van der Waals surface area contributed by atoms with Crippen LogP contribution in [-0.4, -0.2) is 16.6 Å². The zero-order valence-corrected chi connectivity index (χ0v) is 14.9. The summed E-state index contributed by atoms with van der Waals surface area (Å²) in [6, 6.07) is 3.19. The smallest absolute Gasteiger partial charge is 0.269 e. The molecule has 2 rings (SSSR count). The van der Waals surface area contributed by atoms with E-state index >= 15 is 0 Å². The maximum absolute atomic E-state index is 14.6. The standard InChI is InChI=1S/C18H23FN2O4/c1-17(2,3)16(23)20-18(4,12-6-5-7-15(12)22)13-10-11(21(24)25)8-9-14(13)19/h8-10,12H,5-7H2,1-4H3,(H,20,23). The van der Waals surface area contributed by atoms with Gasteiger partial charge in [0.15, 0.2) is 0 Å². The van der Waals surface area contributed by atoms with E-state index in [2.05, 4.69) is 5.32 Å². The molecule has 2 atom stereocenters. The molecule has 136 valence electrons. The van der Waals surface area contributed by atoms with E-state index in [4.69, 9.17) is 0 Å². The molecule has 0 aromatic heterocycles. The van der Waals surface area contributed by atoms with Gasteiger partial charge in [-0.1, -0.05) is 20.8 Å². The molecule has 1 aromatic rings. The lowest BCUT2D eigenvalue weighted by molar-refractivity contribution is -0.385. The second-order valence-corrected chi connectivity index (χ2v) is 7.74. The predicted molar refractivity (Wildman–Crippen MR) is 90.4 cm³/mol. The zero-order chi connectivity index (χ0) is 19.0. The summed E-state index contributed by atoms with van der Waals surface area (Å²) in [5, 5.41) is 13.9. The van der Waals surface area contributed by atoms with Crippen molar-refractivity contribution in [2.75, 3.05) is 0 Å². The number of Topliss-reactive ketones (excluding diaryl/α,β-unsaturated/α-hetero) is 1. The van der Waals surface area contributed by atoms with Crippen molar-refractivity contribution in [3.63, 3.8) is 0 Å². The second kappa shape index (κ2) is 6.54. The third kappa shape index (κ3) is 3.70. The number of nitrogens with one attached hydrogen (secondary N) is 1. The topological polar surface area (TPSA) is 89.3 Å². The van der Waals surface area contributed by atoms with E-state index < -0.39 is 27.6 Å². The summed E-state index contributed by atoms with van der Waals surface area (Å²) in [7, 11) is 0. The Morgan fingerprint density at radius 2 is 1.96 bits per heavy atom. The number of rotatable bonds is 4. The van der Waals surface area contributed by atoms with Crippen LogP contribution >= 0.6 is 0 Å². The normalized spacial score (nSPS) is 20.2. The number of nitro benzene ring substituents is 1. The van der Waals surface area contributed by atoms with Crippen LogP contribution in [0.25, 0.3) is 0 Å². The Morgan fingerprint density at radius 3 is 2.44 bits per heavy atom. The predicted octanol–water partition coefficient (Wildman–Crippen LogP) is 3.48. The quantitative estimate of drug-likeness (QED) is 0.665. The fraction of sp³-hybridized carbons (Fsp3) is 0.556. The minimum absolute atomic E-state index is 0.0282. The van der Waals surface area contributed by atoms with Gasteiger partial charge in [0.25, 0.3) is 5.69 Å². The van der Waals surface area contributed by atoms with Crippen LogP contribution in [0.5, 0.6) is 0 Å². The number of amides is 1. The molecule has 1 fully saturated rings. The van der Waals surface area contributed by atoms with Gasteiger partial charge in [-0.25, -0.2) is 4.39 Å². The molecule has 1 N–H and O–H groups in total. The number of carbonyl (C=O) groups is 2. The third-order valence-electron chi connectivity index (χ3n) is 4.78. The summed E-state index contributed by atoms with van der Waals surface area (Å²) in [5.41, 5.74) is -2.40. The summed E-state index contributed by atoms with van der Waals surface area (Å²) in [4.78, 5) is 35.4. The first kappa shape index (κ1) is 19.0. The lowest BCUT2D eigenvalue weighted by Crippen LogP contribution is -2.53. The SMILES string of the molecule is CC(C)(C)C(=O)NC(C)(c1cc([N+](=O)[O-])ccc1F)C1CCCC1=O. The van der Waals surface area contributed by atoms with Gasteiger partial charge in [-0.05, 0) is 25.8 Å². The molecule has 1 amide bonds. The van der Waals surface area contributed by atoms with Gasteiger partial charge in [0.2, 0.25) is 5.91 Å². The van der Waals surface area contributed by atoms with Gasteiger partial charge in [-0.15, -0.1) is 0 Å². The highest BCUT2D eigenvalue weighted by Crippen LogP contribution is 2.41. The molecule has 0 spiro atoms. The van der Waals surface area contributed by atoms with E-state index in [1.807, 2.05) is 0 Å². The Labute approximate surface area is 145 Å². The summed E-state index contributed by atoms with van der Waals surface area (Å²) < 4.78 is 14.6. The molecule has 0 radical (unpaired) electrons. The highest BCUT2D eigenvalue weighted by molar-refractivity contribution is 5.87. The van der Waals surface area contributed by atoms with Crippen LogP contribution in [-0.2, 0) is 15.1 Å². The summed E-state index contributed by atoms with van der Waals surface area (Å²) >= 11 is 0. The first-order chi connectivity index (χ1) is 11.5. The average Bonchev–Trinajstić information content (AvgIpc) is 2.93. The highest BCUT2D eigenvalue weighted by atomic mass is 19.1. The number of non-ortho nitro benzene ring substituents is 1. The molecule has 0 aliphatic heterocycles. The number of benzene rings is 1. The highest BCUT2D eigenvalue weighted by Gasteiger charge is 2.46. The number of hydrogen-bond acceptors (Lipinski definition) is 4. The van der Waals surface area contributed by atoms with Gasteiger partial charge in [-0.3, -0.25) is 19.7 Å². The number of carbonyl (C=O) groups excluding carboxylic acids is 2. The summed E-state index contributed by atoms with van der Waals surface area (Å²) in [6.07, 6.45) is 1.52. The fourth-order valence-electron chi connectivity index (χ4n) is 3.22.